The minimum Gasteiger partial charge on any atom is -0.310 e. The lowest BCUT2D eigenvalue weighted by atomic mass is 10.1. The Morgan fingerprint density at radius 1 is 1.22 bits per heavy atom. The van der Waals surface area contributed by atoms with Crippen LogP contribution in [0.25, 0.3) is 5.69 Å². The van der Waals surface area contributed by atoms with Gasteiger partial charge in [0.15, 0.2) is 0 Å². The number of benzene rings is 1. The van der Waals surface area contributed by atoms with Crippen LogP contribution in [0.2, 0.25) is 0 Å². The highest BCUT2D eigenvalue weighted by molar-refractivity contribution is 5.32. The lowest BCUT2D eigenvalue weighted by molar-refractivity contribution is 0.241. The van der Waals surface area contributed by atoms with E-state index in [2.05, 4.69) is 33.1 Å². The SMILES string of the molecule is CCCc1nc2c(c(=O)[nH]1)CN(Cc1cn(-c3ccccc3)nc1C)CC2. The van der Waals surface area contributed by atoms with Crippen LogP contribution in [0.1, 0.15) is 41.7 Å². The summed E-state index contributed by atoms with van der Waals surface area (Å²) < 4.78 is 1.92. The van der Waals surface area contributed by atoms with Crippen LogP contribution in [0.3, 0.4) is 0 Å². The summed E-state index contributed by atoms with van der Waals surface area (Å²) in [7, 11) is 0. The van der Waals surface area contributed by atoms with Crippen LogP contribution in [-0.2, 0) is 25.9 Å². The number of nitrogens with zero attached hydrogens (tertiary/aromatic N) is 4. The van der Waals surface area contributed by atoms with Crippen molar-refractivity contribution in [2.24, 2.45) is 0 Å². The summed E-state index contributed by atoms with van der Waals surface area (Å²) >= 11 is 0. The number of aromatic amines is 1. The molecular weight excluding hydrogens is 338 g/mol. The van der Waals surface area contributed by atoms with Crippen molar-refractivity contribution in [1.29, 1.82) is 0 Å². The van der Waals surface area contributed by atoms with E-state index in [0.29, 0.717) is 6.54 Å². The van der Waals surface area contributed by atoms with Gasteiger partial charge in [0, 0.05) is 44.2 Å². The zero-order chi connectivity index (χ0) is 18.8. The molecule has 3 aromatic rings. The van der Waals surface area contributed by atoms with Crippen LogP contribution >= 0.6 is 0 Å². The van der Waals surface area contributed by atoms with Crippen molar-refractivity contribution in [3.05, 3.63) is 75.2 Å². The summed E-state index contributed by atoms with van der Waals surface area (Å²) in [5, 5.41) is 4.65. The zero-order valence-corrected chi connectivity index (χ0v) is 15.9. The van der Waals surface area contributed by atoms with Crippen LogP contribution < -0.4 is 5.56 Å². The maximum atomic E-state index is 12.5. The Morgan fingerprint density at radius 3 is 2.81 bits per heavy atom. The molecule has 3 heterocycles. The highest BCUT2D eigenvalue weighted by atomic mass is 16.1. The summed E-state index contributed by atoms with van der Waals surface area (Å²) in [6, 6.07) is 10.1. The van der Waals surface area contributed by atoms with E-state index in [1.165, 1.54) is 5.56 Å². The number of aryl methyl sites for hydroxylation is 2. The first-order chi connectivity index (χ1) is 13.1. The third kappa shape index (κ3) is 3.71. The predicted octanol–water partition coefficient (Wildman–Crippen LogP) is 2.77. The van der Waals surface area contributed by atoms with Crippen molar-refractivity contribution in [1.82, 2.24) is 24.6 Å². The number of aromatic nitrogens is 4. The van der Waals surface area contributed by atoms with Gasteiger partial charge >= 0.3 is 0 Å². The maximum Gasteiger partial charge on any atom is 0.255 e. The molecule has 0 amide bonds. The van der Waals surface area contributed by atoms with Gasteiger partial charge in [-0.1, -0.05) is 25.1 Å². The Bertz CT molecular complexity index is 990. The molecule has 0 saturated heterocycles. The Labute approximate surface area is 158 Å². The van der Waals surface area contributed by atoms with Gasteiger partial charge in [-0.15, -0.1) is 0 Å². The van der Waals surface area contributed by atoms with E-state index in [4.69, 9.17) is 0 Å². The van der Waals surface area contributed by atoms with Gasteiger partial charge in [0.25, 0.3) is 5.56 Å². The first kappa shape index (κ1) is 17.7. The topological polar surface area (TPSA) is 66.8 Å². The standard InChI is InChI=1S/C21H25N5O/c1-3-7-20-22-19-10-11-25(14-18(19)21(27)23-20)12-16-13-26(24-15(16)2)17-8-5-4-6-9-17/h4-6,8-9,13H,3,7,10-12,14H2,1-2H3,(H,22,23,27). The van der Waals surface area contributed by atoms with Crippen LogP contribution in [0.4, 0.5) is 0 Å². The van der Waals surface area contributed by atoms with E-state index in [1.807, 2.05) is 41.9 Å². The third-order valence-corrected chi connectivity index (χ3v) is 5.10. The van der Waals surface area contributed by atoms with Crippen molar-refractivity contribution in [3.63, 3.8) is 0 Å². The molecule has 0 radical (unpaired) electrons. The van der Waals surface area contributed by atoms with E-state index in [1.54, 1.807) is 0 Å². The molecule has 140 valence electrons. The Hall–Kier alpha value is -2.73. The highest BCUT2D eigenvalue weighted by Gasteiger charge is 2.22. The predicted molar refractivity (Wildman–Crippen MR) is 105 cm³/mol. The number of hydrogen-bond acceptors (Lipinski definition) is 4. The molecular formula is C21H25N5O. The second-order valence-corrected chi connectivity index (χ2v) is 7.17. The van der Waals surface area contributed by atoms with Gasteiger partial charge in [0.2, 0.25) is 0 Å². The molecule has 1 aliphatic rings. The van der Waals surface area contributed by atoms with Crippen LogP contribution in [0.15, 0.2) is 41.3 Å². The van der Waals surface area contributed by atoms with Crippen LogP contribution in [0.5, 0.6) is 0 Å². The number of rotatable bonds is 5. The first-order valence-electron chi connectivity index (χ1n) is 9.58. The smallest absolute Gasteiger partial charge is 0.255 e. The monoisotopic (exact) mass is 363 g/mol. The number of fused-ring (bicyclic) bond motifs is 1. The summed E-state index contributed by atoms with van der Waals surface area (Å²) in [5.74, 6) is 0.815. The summed E-state index contributed by atoms with van der Waals surface area (Å²) in [6.07, 6.45) is 4.72. The zero-order valence-electron chi connectivity index (χ0n) is 15.9. The van der Waals surface area contributed by atoms with Crippen molar-refractivity contribution in [2.75, 3.05) is 6.54 Å². The first-order valence-corrected chi connectivity index (χ1v) is 9.58. The molecule has 0 spiro atoms. The van der Waals surface area contributed by atoms with E-state index in [-0.39, 0.29) is 5.56 Å². The number of hydrogen-bond donors (Lipinski definition) is 1. The number of H-pyrrole nitrogens is 1. The lowest BCUT2D eigenvalue weighted by Gasteiger charge is -2.27. The van der Waals surface area contributed by atoms with Crippen molar-refractivity contribution >= 4 is 0 Å². The molecule has 2 aromatic heterocycles. The molecule has 0 saturated carbocycles. The van der Waals surface area contributed by atoms with Gasteiger partial charge in [-0.05, 0) is 25.5 Å². The molecule has 0 aliphatic carbocycles. The van der Waals surface area contributed by atoms with Gasteiger partial charge in [0.1, 0.15) is 5.82 Å². The molecule has 1 aromatic carbocycles. The summed E-state index contributed by atoms with van der Waals surface area (Å²) in [4.78, 5) is 22.4. The molecule has 0 atom stereocenters. The molecule has 4 rings (SSSR count). The third-order valence-electron chi connectivity index (χ3n) is 5.10. The molecule has 6 nitrogen and oxygen atoms in total. The van der Waals surface area contributed by atoms with E-state index in [0.717, 1.165) is 60.8 Å². The fourth-order valence-corrected chi connectivity index (χ4v) is 3.63. The van der Waals surface area contributed by atoms with Crippen molar-refractivity contribution in [3.8, 4) is 5.69 Å². The fourth-order valence-electron chi connectivity index (χ4n) is 3.63. The molecule has 1 aliphatic heterocycles. The summed E-state index contributed by atoms with van der Waals surface area (Å²) in [6.45, 7) is 6.47. The maximum absolute atomic E-state index is 12.5. The highest BCUT2D eigenvalue weighted by Crippen LogP contribution is 2.19. The molecule has 6 heteroatoms. The van der Waals surface area contributed by atoms with Gasteiger partial charge < -0.3 is 4.98 Å². The summed E-state index contributed by atoms with van der Waals surface area (Å²) in [5.41, 5.74) is 5.07. The van der Waals surface area contributed by atoms with Crippen LogP contribution in [-0.4, -0.2) is 31.2 Å². The van der Waals surface area contributed by atoms with E-state index >= 15 is 0 Å². The molecule has 1 N–H and O–H groups in total. The Balaban J connectivity index is 1.52. The second-order valence-electron chi connectivity index (χ2n) is 7.17. The molecule has 0 bridgehead atoms. The van der Waals surface area contributed by atoms with Gasteiger partial charge in [0.05, 0.1) is 22.6 Å². The van der Waals surface area contributed by atoms with Gasteiger partial charge in [-0.3, -0.25) is 9.69 Å². The lowest BCUT2D eigenvalue weighted by Crippen LogP contribution is -2.35. The Kier molecular flexibility index (Phi) is 4.90. The number of para-hydroxylation sites is 1. The minimum absolute atomic E-state index is 0.0184. The second kappa shape index (κ2) is 7.48. The largest absolute Gasteiger partial charge is 0.310 e. The van der Waals surface area contributed by atoms with Gasteiger partial charge in [-0.2, -0.15) is 5.10 Å². The molecule has 0 fully saturated rings. The van der Waals surface area contributed by atoms with E-state index < -0.39 is 0 Å². The van der Waals surface area contributed by atoms with E-state index in [9.17, 15) is 4.79 Å². The minimum atomic E-state index is 0.0184. The fraction of sp³-hybridized carbons (Fsp3) is 0.381. The van der Waals surface area contributed by atoms with Crippen molar-refractivity contribution < 1.29 is 0 Å². The Morgan fingerprint density at radius 2 is 2.04 bits per heavy atom. The number of nitrogens with one attached hydrogen (secondary N) is 1. The van der Waals surface area contributed by atoms with Gasteiger partial charge in [-0.25, -0.2) is 9.67 Å². The average molecular weight is 363 g/mol. The quantitative estimate of drug-likeness (QED) is 0.757. The van der Waals surface area contributed by atoms with Crippen molar-refractivity contribution in [2.45, 2.75) is 46.2 Å². The average Bonchev–Trinajstić information content (AvgIpc) is 3.04. The molecule has 0 unspecified atom stereocenters. The van der Waals surface area contributed by atoms with Crippen LogP contribution in [0, 0.1) is 6.92 Å². The normalized spacial score (nSPS) is 14.3. The molecule has 27 heavy (non-hydrogen) atoms.